The van der Waals surface area contributed by atoms with Crippen LogP contribution in [0, 0.1) is 0 Å². The van der Waals surface area contributed by atoms with Crippen LogP contribution in [0.5, 0.6) is 5.75 Å². The number of hydrogen-bond acceptors (Lipinski definition) is 2. The Balaban J connectivity index is 2.02. The molecule has 90 valence electrons. The maximum Gasteiger partial charge on any atom is 0.258 e. The number of phenolic OH excluding ortho intramolecular Hbond substituents is 1. The molecule has 0 bridgehead atoms. The Bertz CT molecular complexity index is 639. The highest BCUT2D eigenvalue weighted by atomic mass is 79.9. The summed E-state index contributed by atoms with van der Waals surface area (Å²) < 4.78 is 0.965. The van der Waals surface area contributed by atoms with Crippen molar-refractivity contribution < 1.29 is 9.90 Å². The Morgan fingerprint density at radius 3 is 2.78 bits per heavy atom. The third-order valence-corrected chi connectivity index (χ3v) is 3.51. The van der Waals surface area contributed by atoms with E-state index in [4.69, 9.17) is 0 Å². The first-order valence-corrected chi connectivity index (χ1v) is 6.34. The summed E-state index contributed by atoms with van der Waals surface area (Å²) in [5, 5.41) is 9.48. The van der Waals surface area contributed by atoms with Crippen molar-refractivity contribution in [3.8, 4) is 5.75 Å². The van der Waals surface area contributed by atoms with Crippen LogP contribution in [0.15, 0.2) is 46.9 Å². The lowest BCUT2D eigenvalue weighted by Gasteiger charge is -2.15. The predicted molar refractivity (Wildman–Crippen MR) is 72.8 cm³/mol. The fraction of sp³-hybridized carbons (Fsp3) is 0.0714. The van der Waals surface area contributed by atoms with Gasteiger partial charge in [0.25, 0.3) is 5.91 Å². The van der Waals surface area contributed by atoms with Gasteiger partial charge in [-0.3, -0.25) is 4.79 Å². The standard InChI is InChI=1S/C14H10BrNO2/c15-10-4-5-13-9(6-10)8-16(14(13)18)11-2-1-3-12(17)7-11/h1-7,17H,8H2. The van der Waals surface area contributed by atoms with Crippen LogP contribution in [0.2, 0.25) is 0 Å². The third kappa shape index (κ3) is 1.78. The summed E-state index contributed by atoms with van der Waals surface area (Å²) in [7, 11) is 0. The molecule has 0 saturated carbocycles. The number of aromatic hydroxyl groups is 1. The van der Waals surface area contributed by atoms with E-state index in [1.807, 2.05) is 24.3 Å². The van der Waals surface area contributed by atoms with Gasteiger partial charge in [0, 0.05) is 21.8 Å². The molecule has 4 heteroatoms. The van der Waals surface area contributed by atoms with Crippen molar-refractivity contribution >= 4 is 27.5 Å². The minimum atomic E-state index is -0.0249. The lowest BCUT2D eigenvalue weighted by molar-refractivity contribution is 0.0996. The van der Waals surface area contributed by atoms with Crippen molar-refractivity contribution in [3.05, 3.63) is 58.1 Å². The number of phenols is 1. The number of benzene rings is 2. The quantitative estimate of drug-likeness (QED) is 0.878. The fourth-order valence-corrected chi connectivity index (χ4v) is 2.57. The molecule has 0 spiro atoms. The van der Waals surface area contributed by atoms with E-state index < -0.39 is 0 Å². The maximum absolute atomic E-state index is 12.2. The molecule has 0 aromatic heterocycles. The van der Waals surface area contributed by atoms with Gasteiger partial charge >= 0.3 is 0 Å². The molecule has 1 amide bonds. The van der Waals surface area contributed by atoms with E-state index in [0.29, 0.717) is 12.2 Å². The molecule has 18 heavy (non-hydrogen) atoms. The van der Waals surface area contributed by atoms with Gasteiger partial charge < -0.3 is 10.0 Å². The van der Waals surface area contributed by atoms with Gasteiger partial charge in [-0.25, -0.2) is 0 Å². The summed E-state index contributed by atoms with van der Waals surface area (Å²) in [4.78, 5) is 13.9. The van der Waals surface area contributed by atoms with Gasteiger partial charge in [0.05, 0.1) is 6.54 Å². The zero-order chi connectivity index (χ0) is 12.7. The van der Waals surface area contributed by atoms with E-state index in [-0.39, 0.29) is 11.7 Å². The summed E-state index contributed by atoms with van der Waals surface area (Å²) >= 11 is 3.40. The maximum atomic E-state index is 12.2. The Morgan fingerprint density at radius 2 is 2.00 bits per heavy atom. The number of rotatable bonds is 1. The van der Waals surface area contributed by atoms with Gasteiger partial charge in [-0.1, -0.05) is 22.0 Å². The molecule has 3 rings (SSSR count). The minimum absolute atomic E-state index is 0.0249. The van der Waals surface area contributed by atoms with Crippen LogP contribution < -0.4 is 4.90 Å². The molecule has 0 unspecified atom stereocenters. The summed E-state index contributed by atoms with van der Waals surface area (Å²) in [6.07, 6.45) is 0. The van der Waals surface area contributed by atoms with Gasteiger partial charge in [0.2, 0.25) is 0 Å². The molecule has 2 aromatic rings. The lowest BCUT2D eigenvalue weighted by atomic mass is 10.1. The molecule has 3 nitrogen and oxygen atoms in total. The van der Waals surface area contributed by atoms with E-state index in [9.17, 15) is 9.90 Å². The fourth-order valence-electron chi connectivity index (χ4n) is 2.16. The Labute approximate surface area is 113 Å². The summed E-state index contributed by atoms with van der Waals surface area (Å²) in [6.45, 7) is 0.539. The Morgan fingerprint density at radius 1 is 1.17 bits per heavy atom. The Kier molecular flexibility index (Phi) is 2.59. The van der Waals surface area contributed by atoms with Crippen LogP contribution in [0.1, 0.15) is 15.9 Å². The zero-order valence-corrected chi connectivity index (χ0v) is 11.0. The smallest absolute Gasteiger partial charge is 0.258 e. The Hall–Kier alpha value is -1.81. The second-order valence-corrected chi connectivity index (χ2v) is 5.13. The van der Waals surface area contributed by atoms with Crippen LogP contribution >= 0.6 is 15.9 Å². The van der Waals surface area contributed by atoms with Crippen molar-refractivity contribution in [2.75, 3.05) is 4.90 Å². The normalized spacial score (nSPS) is 13.8. The van der Waals surface area contributed by atoms with Crippen LogP contribution in [0.25, 0.3) is 0 Å². The van der Waals surface area contributed by atoms with E-state index in [1.54, 1.807) is 23.1 Å². The van der Waals surface area contributed by atoms with Gasteiger partial charge in [-0.15, -0.1) is 0 Å². The van der Waals surface area contributed by atoms with Crippen molar-refractivity contribution in [1.29, 1.82) is 0 Å². The minimum Gasteiger partial charge on any atom is -0.508 e. The molecule has 1 aliphatic rings. The molecule has 0 atom stereocenters. The van der Waals surface area contributed by atoms with Crippen LogP contribution in [-0.2, 0) is 6.54 Å². The lowest BCUT2D eigenvalue weighted by Crippen LogP contribution is -2.22. The average molecular weight is 304 g/mol. The molecule has 0 aliphatic carbocycles. The second kappa shape index (κ2) is 4.14. The van der Waals surface area contributed by atoms with E-state index in [0.717, 1.165) is 15.6 Å². The molecule has 1 aliphatic heterocycles. The highest BCUT2D eigenvalue weighted by Gasteiger charge is 2.28. The van der Waals surface area contributed by atoms with Crippen molar-refractivity contribution in [2.45, 2.75) is 6.54 Å². The highest BCUT2D eigenvalue weighted by molar-refractivity contribution is 9.10. The molecule has 1 N–H and O–H groups in total. The second-order valence-electron chi connectivity index (χ2n) is 4.21. The first kappa shape index (κ1) is 11.3. The number of nitrogens with zero attached hydrogens (tertiary/aromatic N) is 1. The molecule has 0 saturated heterocycles. The first-order chi connectivity index (χ1) is 8.65. The number of fused-ring (bicyclic) bond motifs is 1. The monoisotopic (exact) mass is 303 g/mol. The first-order valence-electron chi connectivity index (χ1n) is 5.54. The number of anilines is 1. The largest absolute Gasteiger partial charge is 0.508 e. The number of carbonyl (C=O) groups excluding carboxylic acids is 1. The van der Waals surface area contributed by atoms with Gasteiger partial charge in [0.1, 0.15) is 5.75 Å². The molecular weight excluding hydrogens is 294 g/mol. The zero-order valence-electron chi connectivity index (χ0n) is 9.43. The predicted octanol–water partition coefficient (Wildman–Crippen LogP) is 3.32. The van der Waals surface area contributed by atoms with Crippen LogP contribution in [0.3, 0.4) is 0 Å². The summed E-state index contributed by atoms with van der Waals surface area (Å²) in [5.41, 5.74) is 2.44. The molecule has 2 aromatic carbocycles. The number of halogens is 1. The average Bonchev–Trinajstić information content (AvgIpc) is 2.66. The summed E-state index contributed by atoms with van der Waals surface area (Å²) in [5.74, 6) is 0.139. The van der Waals surface area contributed by atoms with Crippen molar-refractivity contribution in [2.24, 2.45) is 0 Å². The van der Waals surface area contributed by atoms with E-state index in [2.05, 4.69) is 15.9 Å². The SMILES string of the molecule is O=C1c2ccc(Br)cc2CN1c1cccc(O)c1. The third-order valence-electron chi connectivity index (χ3n) is 3.01. The molecule has 0 fully saturated rings. The van der Waals surface area contributed by atoms with Crippen molar-refractivity contribution in [3.63, 3.8) is 0 Å². The molecular formula is C14H10BrNO2. The van der Waals surface area contributed by atoms with Gasteiger partial charge in [-0.2, -0.15) is 0 Å². The number of carbonyl (C=O) groups is 1. The van der Waals surface area contributed by atoms with E-state index in [1.165, 1.54) is 0 Å². The number of amides is 1. The molecule has 0 radical (unpaired) electrons. The highest BCUT2D eigenvalue weighted by Crippen LogP contribution is 2.31. The van der Waals surface area contributed by atoms with Crippen LogP contribution in [-0.4, -0.2) is 11.0 Å². The topological polar surface area (TPSA) is 40.5 Å². The van der Waals surface area contributed by atoms with E-state index >= 15 is 0 Å². The van der Waals surface area contributed by atoms with Gasteiger partial charge in [0.15, 0.2) is 0 Å². The molecule has 1 heterocycles. The number of hydrogen-bond donors (Lipinski definition) is 1. The van der Waals surface area contributed by atoms with Crippen molar-refractivity contribution in [1.82, 2.24) is 0 Å². The van der Waals surface area contributed by atoms with Crippen LogP contribution in [0.4, 0.5) is 5.69 Å². The summed E-state index contributed by atoms with van der Waals surface area (Å²) in [6, 6.07) is 12.4. The van der Waals surface area contributed by atoms with Gasteiger partial charge in [-0.05, 0) is 35.9 Å².